The van der Waals surface area contributed by atoms with Gasteiger partial charge in [-0.3, -0.25) is 9.59 Å². The predicted octanol–water partition coefficient (Wildman–Crippen LogP) is 11.5. The van der Waals surface area contributed by atoms with Gasteiger partial charge in [0.05, 0.1) is 6.61 Å². The fourth-order valence-corrected chi connectivity index (χ4v) is 10.0. The Morgan fingerprint density at radius 3 is 1.01 bits per heavy atom. The number of carbonyl (C=O) groups excluding carboxylic acids is 2. The average Bonchev–Trinajstić information content (AvgIpc) is 3.08. The van der Waals surface area contributed by atoms with Crippen molar-refractivity contribution in [3.05, 3.63) is 287 Å². The quantitative estimate of drug-likeness (QED) is 0.0515. The Hall–Kier alpha value is -9.12. The van der Waals surface area contributed by atoms with Crippen LogP contribution in [0.5, 0.6) is 34.5 Å². The normalized spacial score (nSPS) is 20.0. The SMILES string of the molecule is O=C(c1cc(OCc2ccccc2)c(OCc2ccccc2)c(OCc2ccccc2)c1)[C@]1(O)[C@H](O)O[C@@H]2COC(c3ccccc3)O[C@H]2[C@@]1(O)C(=O)c1cc(OCc2ccccc2)c(OCc2ccccc2)c(OCc2ccccc2)c1. The molecule has 0 aliphatic carbocycles. The first kappa shape index (κ1) is 55.8. The molecule has 1 unspecified atom stereocenters. The molecule has 2 fully saturated rings. The van der Waals surface area contributed by atoms with Gasteiger partial charge in [-0.15, -0.1) is 0 Å². The lowest BCUT2D eigenvalue weighted by Gasteiger charge is -2.55. The number of aliphatic hydroxyl groups is 3. The molecule has 2 aliphatic rings. The second-order valence-electron chi connectivity index (χ2n) is 20.1. The number of Topliss-reactive ketones (excluding diaryl/α,β-unsaturated/α-hetero) is 2. The van der Waals surface area contributed by atoms with E-state index >= 15 is 9.59 Å². The highest BCUT2D eigenvalue weighted by molar-refractivity contribution is 6.13. The molecule has 0 saturated carbocycles. The topological polar surface area (TPSA) is 178 Å². The number of hydrogen-bond donors (Lipinski definition) is 3. The van der Waals surface area contributed by atoms with Crippen LogP contribution in [0.4, 0.5) is 0 Å². The van der Waals surface area contributed by atoms with Crippen LogP contribution in [-0.4, -0.2) is 63.2 Å². The Balaban J connectivity index is 1.07. The fourth-order valence-electron chi connectivity index (χ4n) is 10.0. The lowest BCUT2D eigenvalue weighted by atomic mass is 9.66. The zero-order chi connectivity index (χ0) is 57.0. The second-order valence-corrected chi connectivity index (χ2v) is 20.1. The first-order valence-electron chi connectivity index (χ1n) is 27.2. The van der Waals surface area contributed by atoms with Crippen LogP contribution in [0.1, 0.15) is 66.0 Å². The molecule has 9 aromatic rings. The van der Waals surface area contributed by atoms with Gasteiger partial charge in [-0.1, -0.05) is 212 Å². The Kier molecular flexibility index (Phi) is 17.3. The summed E-state index contributed by atoms with van der Waals surface area (Å²) in [4.78, 5) is 32.4. The van der Waals surface area contributed by atoms with E-state index in [1.165, 1.54) is 24.3 Å². The molecule has 6 atom stereocenters. The van der Waals surface area contributed by atoms with Crippen LogP contribution in [0.25, 0.3) is 0 Å². The standard InChI is InChI=1S/C69H60O14/c70-63(54-36-56(75-40-47-22-8-1-9-23-47)61(79-44-51-30-16-5-17-31-51)57(37-54)76-41-48-24-10-2-11-25-48)68(73)65-60(46-81-66(83-65)53-34-20-7-21-35-53)82-67(72)69(68,74)64(71)55-38-58(77-42-49-26-12-3-13-27-49)62(80-45-52-32-18-6-19-33-52)59(39-55)78-43-50-28-14-4-15-29-50/h1-39,60,65-67,72-74H,40-46H2/t60-,65-,66?,67-,68+,69+/m1/s1. The number of fused-ring (bicyclic) bond motifs is 1. The number of ether oxygens (including phenoxy) is 9. The van der Waals surface area contributed by atoms with E-state index in [0.717, 1.165) is 33.4 Å². The number of hydrogen-bond acceptors (Lipinski definition) is 14. The fraction of sp³-hybridized carbons (Fsp3) is 0.188. The van der Waals surface area contributed by atoms with Crippen LogP contribution >= 0.6 is 0 Å². The lowest BCUT2D eigenvalue weighted by molar-refractivity contribution is -0.384. The molecule has 9 aromatic carbocycles. The molecule has 14 nitrogen and oxygen atoms in total. The molecule has 14 heteroatoms. The van der Waals surface area contributed by atoms with Crippen molar-refractivity contribution < 1.29 is 67.5 Å². The lowest BCUT2D eigenvalue weighted by Crippen LogP contribution is -2.81. The maximum atomic E-state index is 16.3. The van der Waals surface area contributed by atoms with E-state index in [2.05, 4.69) is 0 Å². The predicted molar refractivity (Wildman–Crippen MR) is 307 cm³/mol. The Morgan fingerprint density at radius 1 is 0.398 bits per heavy atom. The van der Waals surface area contributed by atoms with Crippen molar-refractivity contribution in [2.75, 3.05) is 6.61 Å². The van der Waals surface area contributed by atoms with Gasteiger partial charge in [0.15, 0.2) is 41.2 Å². The molecular weight excluding hydrogens is 1050 g/mol. The average molecular weight is 1110 g/mol. The molecule has 2 heterocycles. The minimum atomic E-state index is -3.58. The van der Waals surface area contributed by atoms with Crippen molar-refractivity contribution >= 4 is 11.6 Å². The van der Waals surface area contributed by atoms with Crippen LogP contribution in [-0.2, 0) is 53.9 Å². The molecular formula is C69H60O14. The summed E-state index contributed by atoms with van der Waals surface area (Å²) >= 11 is 0. The number of aliphatic hydroxyl groups excluding tert-OH is 1. The Labute approximate surface area is 480 Å². The van der Waals surface area contributed by atoms with Crippen LogP contribution in [0, 0.1) is 0 Å². The smallest absolute Gasteiger partial charge is 0.217 e. The van der Waals surface area contributed by atoms with Gasteiger partial charge in [-0.2, -0.15) is 0 Å². The zero-order valence-electron chi connectivity index (χ0n) is 45.1. The molecule has 11 rings (SSSR count). The number of benzene rings is 9. The molecule has 420 valence electrons. The van der Waals surface area contributed by atoms with Crippen molar-refractivity contribution in [2.45, 2.75) is 75.6 Å². The van der Waals surface area contributed by atoms with E-state index in [4.69, 9.17) is 42.6 Å². The highest BCUT2D eigenvalue weighted by Gasteiger charge is 2.74. The summed E-state index contributed by atoms with van der Waals surface area (Å²) in [5.74, 6) is -2.38. The van der Waals surface area contributed by atoms with Crippen molar-refractivity contribution in [2.24, 2.45) is 0 Å². The van der Waals surface area contributed by atoms with Gasteiger partial charge < -0.3 is 58.0 Å². The summed E-state index contributed by atoms with van der Waals surface area (Å²) in [5, 5.41) is 40.0. The molecule has 2 saturated heterocycles. The first-order chi connectivity index (χ1) is 40.6. The maximum absolute atomic E-state index is 16.3. The van der Waals surface area contributed by atoms with Crippen LogP contribution in [0.2, 0.25) is 0 Å². The number of carbonyl (C=O) groups is 2. The molecule has 2 aliphatic heterocycles. The molecule has 0 amide bonds. The molecule has 0 aromatic heterocycles. The van der Waals surface area contributed by atoms with E-state index in [9.17, 15) is 15.3 Å². The van der Waals surface area contributed by atoms with Crippen LogP contribution in [0.3, 0.4) is 0 Å². The summed E-state index contributed by atoms with van der Waals surface area (Å²) in [6.07, 6.45) is -7.20. The molecule has 3 N–H and O–H groups in total. The van der Waals surface area contributed by atoms with E-state index in [1.54, 1.807) is 30.3 Å². The van der Waals surface area contributed by atoms with Gasteiger partial charge in [0.25, 0.3) is 0 Å². The van der Waals surface area contributed by atoms with Gasteiger partial charge in [0.2, 0.25) is 28.7 Å². The van der Waals surface area contributed by atoms with Gasteiger partial charge in [-0.05, 0) is 57.6 Å². The minimum Gasteiger partial charge on any atom is -0.485 e. The van der Waals surface area contributed by atoms with Crippen molar-refractivity contribution in [3.8, 4) is 34.5 Å². The Morgan fingerprint density at radius 2 is 0.687 bits per heavy atom. The molecule has 83 heavy (non-hydrogen) atoms. The van der Waals surface area contributed by atoms with E-state index < -0.39 is 47.6 Å². The summed E-state index contributed by atoms with van der Waals surface area (Å²) in [7, 11) is 0. The molecule has 0 radical (unpaired) electrons. The van der Waals surface area contributed by atoms with Gasteiger partial charge in [0.1, 0.15) is 51.8 Å². The summed E-state index contributed by atoms with van der Waals surface area (Å²) in [5.41, 5.74) is -2.47. The van der Waals surface area contributed by atoms with E-state index in [1.807, 2.05) is 182 Å². The first-order valence-corrected chi connectivity index (χ1v) is 27.2. The largest absolute Gasteiger partial charge is 0.485 e. The van der Waals surface area contributed by atoms with Crippen LogP contribution < -0.4 is 28.4 Å². The van der Waals surface area contributed by atoms with Gasteiger partial charge in [-0.25, -0.2) is 0 Å². The third kappa shape index (κ3) is 12.5. The third-order valence-electron chi connectivity index (χ3n) is 14.4. The molecule has 0 bridgehead atoms. The van der Waals surface area contributed by atoms with Crippen molar-refractivity contribution in [1.29, 1.82) is 0 Å². The third-order valence-corrected chi connectivity index (χ3v) is 14.4. The second kappa shape index (κ2) is 25.8. The maximum Gasteiger partial charge on any atom is 0.217 e. The summed E-state index contributed by atoms with van der Waals surface area (Å²) < 4.78 is 57.9. The monoisotopic (exact) mass is 1110 g/mol. The number of rotatable bonds is 23. The van der Waals surface area contributed by atoms with Gasteiger partial charge >= 0.3 is 0 Å². The minimum absolute atomic E-state index is 0.000723. The zero-order valence-corrected chi connectivity index (χ0v) is 45.1. The van der Waals surface area contributed by atoms with E-state index in [-0.39, 0.29) is 91.9 Å². The highest BCUT2D eigenvalue weighted by atomic mass is 16.7. The summed E-state index contributed by atoms with van der Waals surface area (Å²) in [6.45, 7) is -0.273. The van der Waals surface area contributed by atoms with Crippen molar-refractivity contribution in [1.82, 2.24) is 0 Å². The van der Waals surface area contributed by atoms with Gasteiger partial charge in [0, 0.05) is 16.7 Å². The van der Waals surface area contributed by atoms with Crippen LogP contribution in [0.15, 0.2) is 237 Å². The molecule has 0 spiro atoms. The van der Waals surface area contributed by atoms with Crippen molar-refractivity contribution in [3.63, 3.8) is 0 Å². The Bertz CT molecular complexity index is 3450. The highest BCUT2D eigenvalue weighted by Crippen LogP contribution is 2.50. The number of ketones is 2. The summed E-state index contributed by atoms with van der Waals surface area (Å²) in [6, 6.07) is 70.2. The van der Waals surface area contributed by atoms with E-state index in [0.29, 0.717) is 5.56 Å².